The van der Waals surface area contributed by atoms with Crippen molar-refractivity contribution in [3.63, 3.8) is 0 Å². The van der Waals surface area contributed by atoms with Crippen LogP contribution in [-0.4, -0.2) is 57.5 Å². The molecule has 36 heavy (non-hydrogen) atoms. The van der Waals surface area contributed by atoms with Gasteiger partial charge in [-0.15, -0.1) is 0 Å². The van der Waals surface area contributed by atoms with Crippen LogP contribution in [0, 0.1) is 6.92 Å². The lowest BCUT2D eigenvalue weighted by molar-refractivity contribution is -0.123. The zero-order valence-corrected chi connectivity index (χ0v) is 22.3. The number of para-hydroxylation sites is 1. The van der Waals surface area contributed by atoms with E-state index in [0.29, 0.717) is 22.3 Å². The smallest absolute Gasteiger partial charge is 0.266 e. The van der Waals surface area contributed by atoms with Crippen LogP contribution >= 0.6 is 24.0 Å². The Morgan fingerprint density at radius 2 is 2.00 bits per heavy atom. The first kappa shape index (κ1) is 24.7. The van der Waals surface area contributed by atoms with Gasteiger partial charge < -0.3 is 4.74 Å². The van der Waals surface area contributed by atoms with Gasteiger partial charge in [0, 0.05) is 17.3 Å². The lowest BCUT2D eigenvalue weighted by Crippen LogP contribution is -2.39. The molecule has 2 aliphatic rings. The molecule has 1 atom stereocenters. The first-order valence-electron chi connectivity index (χ1n) is 11.6. The average molecular weight is 540 g/mol. The van der Waals surface area contributed by atoms with E-state index < -0.39 is 15.9 Å². The molecule has 0 aliphatic carbocycles. The number of hydrogen-bond acceptors (Lipinski definition) is 7. The molecule has 0 spiro atoms. The lowest BCUT2D eigenvalue weighted by Gasteiger charge is -2.20. The van der Waals surface area contributed by atoms with Gasteiger partial charge in [0.2, 0.25) is 0 Å². The van der Waals surface area contributed by atoms with Gasteiger partial charge in [0.1, 0.15) is 15.8 Å². The molecule has 2 fully saturated rings. The molecule has 3 aromatic rings. The summed E-state index contributed by atoms with van der Waals surface area (Å²) in [5, 5.41) is 4.87. The quantitative estimate of drug-likeness (QED) is 0.334. The Bertz CT molecular complexity index is 1480. The second-order valence-corrected chi connectivity index (χ2v) is 12.6. The molecule has 1 amide bonds. The number of amides is 1. The third kappa shape index (κ3) is 4.85. The van der Waals surface area contributed by atoms with Crippen LogP contribution in [0.4, 0.5) is 0 Å². The van der Waals surface area contributed by atoms with Gasteiger partial charge in [0.25, 0.3) is 5.91 Å². The van der Waals surface area contributed by atoms with Crippen LogP contribution in [0.1, 0.15) is 24.5 Å². The normalized spacial score (nSPS) is 20.4. The summed E-state index contributed by atoms with van der Waals surface area (Å²) in [5.41, 5.74) is 4.32. The van der Waals surface area contributed by atoms with Crippen molar-refractivity contribution >= 4 is 50.1 Å². The van der Waals surface area contributed by atoms with Crippen LogP contribution in [-0.2, 0) is 14.6 Å². The third-order valence-electron chi connectivity index (χ3n) is 6.21. The average Bonchev–Trinajstić information content (AvgIpc) is 3.50. The van der Waals surface area contributed by atoms with Crippen molar-refractivity contribution in [1.29, 1.82) is 0 Å². The number of benzene rings is 2. The number of carbonyl (C=O) groups excluding carboxylic acids is 1. The van der Waals surface area contributed by atoms with Crippen molar-refractivity contribution < 1.29 is 17.9 Å². The SMILES string of the molecule is CCOc1ccc(-c2nn(-c3ccccc3)cc2C=C2SC(=S)N(C3CCS(=O)(=O)C3)C2=O)c(C)c1. The number of aryl methyl sites for hydroxylation is 1. The first-order valence-corrected chi connectivity index (χ1v) is 14.7. The van der Waals surface area contributed by atoms with Crippen LogP contribution < -0.4 is 4.74 Å². The highest BCUT2D eigenvalue weighted by atomic mass is 32.2. The van der Waals surface area contributed by atoms with Crippen molar-refractivity contribution in [2.45, 2.75) is 26.3 Å². The van der Waals surface area contributed by atoms with E-state index in [0.717, 1.165) is 33.8 Å². The molecule has 2 saturated heterocycles. The summed E-state index contributed by atoms with van der Waals surface area (Å²) in [6, 6.07) is 15.2. The highest BCUT2D eigenvalue weighted by Gasteiger charge is 2.42. The van der Waals surface area contributed by atoms with E-state index in [4.69, 9.17) is 22.1 Å². The molecular weight excluding hydrogens is 515 g/mol. The molecular formula is C26H25N3O4S3. The summed E-state index contributed by atoms with van der Waals surface area (Å²) in [4.78, 5) is 15.3. The Morgan fingerprint density at radius 3 is 2.67 bits per heavy atom. The van der Waals surface area contributed by atoms with Gasteiger partial charge in [0.05, 0.1) is 34.7 Å². The lowest BCUT2D eigenvalue weighted by atomic mass is 10.0. The van der Waals surface area contributed by atoms with E-state index in [1.807, 2.05) is 68.6 Å². The molecule has 7 nitrogen and oxygen atoms in total. The largest absolute Gasteiger partial charge is 0.494 e. The van der Waals surface area contributed by atoms with Crippen molar-refractivity contribution in [3.05, 3.63) is 70.8 Å². The minimum Gasteiger partial charge on any atom is -0.494 e. The minimum absolute atomic E-state index is 0.0463. The molecule has 1 unspecified atom stereocenters. The third-order valence-corrected chi connectivity index (χ3v) is 9.29. The monoisotopic (exact) mass is 539 g/mol. The van der Waals surface area contributed by atoms with E-state index in [-0.39, 0.29) is 17.4 Å². The maximum absolute atomic E-state index is 13.3. The van der Waals surface area contributed by atoms with Crippen LogP contribution in [0.15, 0.2) is 59.6 Å². The summed E-state index contributed by atoms with van der Waals surface area (Å²) in [7, 11) is -3.14. The topological polar surface area (TPSA) is 81.5 Å². The fraction of sp³-hybridized carbons (Fsp3) is 0.269. The number of sulfone groups is 1. The molecule has 1 aromatic heterocycles. The Kier molecular flexibility index (Phi) is 6.76. The van der Waals surface area contributed by atoms with E-state index in [9.17, 15) is 13.2 Å². The number of thiocarbonyl (C=S) groups is 1. The van der Waals surface area contributed by atoms with Gasteiger partial charge in [-0.1, -0.05) is 42.2 Å². The number of thioether (sulfide) groups is 1. The number of nitrogens with zero attached hydrogens (tertiary/aromatic N) is 3. The summed E-state index contributed by atoms with van der Waals surface area (Å²) in [6.45, 7) is 4.53. The molecule has 5 rings (SSSR count). The van der Waals surface area contributed by atoms with Gasteiger partial charge in [-0.25, -0.2) is 13.1 Å². The number of ether oxygens (including phenoxy) is 1. The summed E-state index contributed by atoms with van der Waals surface area (Å²) in [5.74, 6) is 0.567. The molecule has 0 saturated carbocycles. The van der Waals surface area contributed by atoms with Gasteiger partial charge in [-0.05, 0) is 62.2 Å². The second-order valence-electron chi connectivity index (χ2n) is 8.73. The highest BCUT2D eigenvalue weighted by molar-refractivity contribution is 8.26. The molecule has 0 N–H and O–H groups in total. The first-order chi connectivity index (χ1) is 17.3. The van der Waals surface area contributed by atoms with Crippen molar-refractivity contribution in [3.8, 4) is 22.7 Å². The van der Waals surface area contributed by atoms with Gasteiger partial charge in [0.15, 0.2) is 9.84 Å². The zero-order valence-electron chi connectivity index (χ0n) is 19.9. The van der Waals surface area contributed by atoms with Gasteiger partial charge in [-0.3, -0.25) is 9.69 Å². The molecule has 10 heteroatoms. The van der Waals surface area contributed by atoms with E-state index >= 15 is 0 Å². The van der Waals surface area contributed by atoms with E-state index in [1.165, 1.54) is 16.7 Å². The fourth-order valence-corrected chi connectivity index (χ4v) is 7.58. The summed E-state index contributed by atoms with van der Waals surface area (Å²) >= 11 is 6.69. The summed E-state index contributed by atoms with van der Waals surface area (Å²) in [6.07, 6.45) is 4.11. The maximum Gasteiger partial charge on any atom is 0.266 e. The van der Waals surface area contributed by atoms with Crippen molar-refractivity contribution in [2.24, 2.45) is 0 Å². The van der Waals surface area contributed by atoms with Crippen LogP contribution in [0.3, 0.4) is 0 Å². The molecule has 2 aliphatic heterocycles. The number of hydrogen-bond donors (Lipinski definition) is 0. The van der Waals surface area contributed by atoms with Crippen LogP contribution in [0.2, 0.25) is 0 Å². The Balaban J connectivity index is 1.56. The molecule has 186 valence electrons. The van der Waals surface area contributed by atoms with Crippen molar-refractivity contribution in [2.75, 3.05) is 18.1 Å². The van der Waals surface area contributed by atoms with Crippen molar-refractivity contribution in [1.82, 2.24) is 14.7 Å². The number of carbonyl (C=O) groups is 1. The second kappa shape index (κ2) is 9.84. The molecule has 0 radical (unpaired) electrons. The Labute approximate surface area is 220 Å². The Hall–Kier alpha value is -2.95. The molecule has 2 aromatic carbocycles. The predicted octanol–water partition coefficient (Wildman–Crippen LogP) is 4.63. The van der Waals surface area contributed by atoms with Crippen LogP contribution in [0.5, 0.6) is 5.75 Å². The van der Waals surface area contributed by atoms with E-state index in [1.54, 1.807) is 10.8 Å². The van der Waals surface area contributed by atoms with Gasteiger partial charge >= 0.3 is 0 Å². The number of rotatable bonds is 6. The standard InChI is InChI=1S/C26H25N3O4S3/c1-3-33-21-9-10-22(17(2)13-21)24-18(15-28(27-24)19-7-5-4-6-8-19)14-23-25(30)29(26(34)35-23)20-11-12-36(31,32)16-20/h4-10,13-15,20H,3,11-12,16H2,1-2H3. The zero-order chi connectivity index (χ0) is 25.4. The highest BCUT2D eigenvalue weighted by Crippen LogP contribution is 2.38. The summed E-state index contributed by atoms with van der Waals surface area (Å²) < 4.78 is 31.8. The van der Waals surface area contributed by atoms with E-state index in [2.05, 4.69) is 0 Å². The fourth-order valence-electron chi connectivity index (χ4n) is 4.49. The predicted molar refractivity (Wildman–Crippen MR) is 147 cm³/mol. The molecule has 3 heterocycles. The minimum atomic E-state index is -3.14. The Morgan fingerprint density at radius 1 is 1.22 bits per heavy atom. The number of aromatic nitrogens is 2. The van der Waals surface area contributed by atoms with Crippen LogP contribution in [0.25, 0.3) is 23.0 Å². The van der Waals surface area contributed by atoms with Gasteiger partial charge in [-0.2, -0.15) is 5.10 Å². The maximum atomic E-state index is 13.3. The molecule has 0 bridgehead atoms.